The molecule has 0 aromatic rings. The maximum absolute atomic E-state index is 11.3. The first-order valence-corrected chi connectivity index (χ1v) is 5.90. The van der Waals surface area contributed by atoms with Crippen LogP contribution in [-0.2, 0) is 19.1 Å². The van der Waals surface area contributed by atoms with Crippen LogP contribution in [0.1, 0.15) is 47.5 Å². The molecule has 0 saturated carbocycles. The van der Waals surface area contributed by atoms with Crippen molar-refractivity contribution in [3.63, 3.8) is 0 Å². The molecule has 100 valence electrons. The van der Waals surface area contributed by atoms with Crippen molar-refractivity contribution in [1.29, 1.82) is 0 Å². The van der Waals surface area contributed by atoms with Gasteiger partial charge in [0.1, 0.15) is 11.8 Å². The average Bonchev–Trinajstić information content (AvgIpc) is 2.26. The van der Waals surface area contributed by atoms with Crippen LogP contribution in [0.25, 0.3) is 0 Å². The van der Waals surface area contributed by atoms with Crippen molar-refractivity contribution in [2.24, 2.45) is 0 Å². The van der Waals surface area contributed by atoms with E-state index in [1.165, 1.54) is 13.8 Å². The molecule has 5 heteroatoms. The number of hydrogen-bond acceptors (Lipinski definition) is 4. The van der Waals surface area contributed by atoms with Crippen LogP contribution in [0.3, 0.4) is 0 Å². The molecule has 1 amide bonds. The summed E-state index contributed by atoms with van der Waals surface area (Å²) < 4.78 is 4.77. The first kappa shape index (κ1) is 18.0. The zero-order chi connectivity index (χ0) is 13.8. The van der Waals surface area contributed by atoms with E-state index in [9.17, 15) is 14.4 Å². The van der Waals surface area contributed by atoms with Crippen LogP contribution in [-0.4, -0.2) is 30.3 Å². The summed E-state index contributed by atoms with van der Waals surface area (Å²) in [6.07, 6.45) is 0.539. The zero-order valence-electron chi connectivity index (χ0n) is 11.3. The molecule has 0 heterocycles. The van der Waals surface area contributed by atoms with Crippen LogP contribution in [0.5, 0.6) is 0 Å². The van der Waals surface area contributed by atoms with Gasteiger partial charge in [-0.1, -0.05) is 13.8 Å². The SMILES string of the molecule is CC.CCOC(=O)C(CCC(C)=O)NC(C)=O. The molecule has 0 bridgehead atoms. The third-order valence-electron chi connectivity index (χ3n) is 1.73. The van der Waals surface area contributed by atoms with Crippen molar-refractivity contribution < 1.29 is 19.1 Å². The lowest BCUT2D eigenvalue weighted by Crippen LogP contribution is -2.41. The Labute approximate surface area is 103 Å². The van der Waals surface area contributed by atoms with Gasteiger partial charge in [0.25, 0.3) is 0 Å². The molecule has 1 unspecified atom stereocenters. The number of esters is 1. The molecule has 0 aliphatic heterocycles. The van der Waals surface area contributed by atoms with Crippen LogP contribution >= 0.6 is 0 Å². The zero-order valence-corrected chi connectivity index (χ0v) is 11.3. The van der Waals surface area contributed by atoms with Crippen LogP contribution in [0.15, 0.2) is 0 Å². The van der Waals surface area contributed by atoms with E-state index in [-0.39, 0.29) is 31.1 Å². The Kier molecular flexibility index (Phi) is 11.8. The quantitative estimate of drug-likeness (QED) is 0.719. The Morgan fingerprint density at radius 1 is 1.18 bits per heavy atom. The molecule has 5 nitrogen and oxygen atoms in total. The van der Waals surface area contributed by atoms with E-state index in [4.69, 9.17) is 4.74 Å². The number of nitrogens with one attached hydrogen (secondary N) is 1. The van der Waals surface area contributed by atoms with E-state index in [1.807, 2.05) is 13.8 Å². The van der Waals surface area contributed by atoms with E-state index in [0.29, 0.717) is 0 Å². The number of carbonyl (C=O) groups is 3. The van der Waals surface area contributed by atoms with Gasteiger partial charge in [0.05, 0.1) is 6.61 Å². The monoisotopic (exact) mass is 245 g/mol. The molecular weight excluding hydrogens is 222 g/mol. The van der Waals surface area contributed by atoms with Crippen molar-refractivity contribution in [2.45, 2.75) is 53.5 Å². The Bertz CT molecular complexity index is 251. The van der Waals surface area contributed by atoms with Crippen LogP contribution in [0.4, 0.5) is 0 Å². The predicted octanol–water partition coefficient (Wildman–Crippen LogP) is 1.45. The number of hydrogen-bond donors (Lipinski definition) is 1. The van der Waals surface area contributed by atoms with Crippen LogP contribution in [0, 0.1) is 0 Å². The fourth-order valence-corrected chi connectivity index (χ4v) is 1.08. The summed E-state index contributed by atoms with van der Waals surface area (Å²) in [5.41, 5.74) is 0. The van der Waals surface area contributed by atoms with Crippen LogP contribution < -0.4 is 5.32 Å². The van der Waals surface area contributed by atoms with E-state index < -0.39 is 12.0 Å². The molecule has 1 N–H and O–H groups in total. The summed E-state index contributed by atoms with van der Waals surface area (Å²) in [4.78, 5) is 32.9. The summed E-state index contributed by atoms with van der Waals surface area (Å²) in [7, 11) is 0. The van der Waals surface area contributed by atoms with Gasteiger partial charge in [0, 0.05) is 13.3 Å². The highest BCUT2D eigenvalue weighted by atomic mass is 16.5. The average molecular weight is 245 g/mol. The lowest BCUT2D eigenvalue weighted by atomic mass is 10.1. The minimum absolute atomic E-state index is 0.0188. The van der Waals surface area contributed by atoms with Crippen molar-refractivity contribution in [3.05, 3.63) is 0 Å². The standard InChI is InChI=1S/C10H17NO4.C2H6/c1-4-15-10(14)9(11-8(3)13)6-5-7(2)12;1-2/h9H,4-6H2,1-3H3,(H,11,13);1-2H3. The molecular formula is C12H23NO4. The summed E-state index contributed by atoms with van der Waals surface area (Å²) in [5, 5.41) is 2.45. The lowest BCUT2D eigenvalue weighted by Gasteiger charge is -2.15. The van der Waals surface area contributed by atoms with Gasteiger partial charge >= 0.3 is 5.97 Å². The number of rotatable bonds is 6. The highest BCUT2D eigenvalue weighted by Gasteiger charge is 2.20. The second-order valence-electron chi connectivity index (χ2n) is 3.25. The second-order valence-corrected chi connectivity index (χ2v) is 3.25. The molecule has 0 aliphatic rings. The summed E-state index contributed by atoms with van der Waals surface area (Å²) in [6, 6.07) is -0.716. The van der Waals surface area contributed by atoms with Gasteiger partial charge < -0.3 is 14.8 Å². The Morgan fingerprint density at radius 2 is 1.71 bits per heavy atom. The first-order chi connectivity index (χ1) is 7.97. The van der Waals surface area contributed by atoms with Gasteiger partial charge in [-0.25, -0.2) is 4.79 Å². The minimum atomic E-state index is -0.716. The van der Waals surface area contributed by atoms with Gasteiger partial charge in [0.2, 0.25) is 5.91 Å². The predicted molar refractivity (Wildman–Crippen MR) is 65.5 cm³/mol. The summed E-state index contributed by atoms with van der Waals surface area (Å²) >= 11 is 0. The molecule has 0 saturated heterocycles. The van der Waals surface area contributed by atoms with E-state index in [0.717, 1.165) is 0 Å². The number of ketones is 1. The highest BCUT2D eigenvalue weighted by molar-refractivity contribution is 5.84. The van der Waals surface area contributed by atoms with E-state index >= 15 is 0 Å². The third kappa shape index (κ3) is 10.9. The van der Waals surface area contributed by atoms with Crippen molar-refractivity contribution in [1.82, 2.24) is 5.32 Å². The molecule has 0 aliphatic carbocycles. The Balaban J connectivity index is 0. The van der Waals surface area contributed by atoms with Gasteiger partial charge in [0.15, 0.2) is 0 Å². The molecule has 0 spiro atoms. The Hall–Kier alpha value is -1.39. The fraction of sp³-hybridized carbons (Fsp3) is 0.750. The minimum Gasteiger partial charge on any atom is -0.464 e. The molecule has 0 aromatic carbocycles. The molecule has 0 radical (unpaired) electrons. The molecule has 0 rings (SSSR count). The van der Waals surface area contributed by atoms with Crippen molar-refractivity contribution in [2.75, 3.05) is 6.61 Å². The van der Waals surface area contributed by atoms with Gasteiger partial charge in [-0.05, 0) is 20.3 Å². The number of amides is 1. The van der Waals surface area contributed by atoms with Gasteiger partial charge in [-0.3, -0.25) is 4.79 Å². The smallest absolute Gasteiger partial charge is 0.328 e. The fourth-order valence-electron chi connectivity index (χ4n) is 1.08. The van der Waals surface area contributed by atoms with E-state index in [2.05, 4.69) is 5.32 Å². The number of Topliss-reactive ketones (excluding diaryl/α,β-unsaturated/α-hetero) is 1. The maximum Gasteiger partial charge on any atom is 0.328 e. The molecule has 1 atom stereocenters. The third-order valence-corrected chi connectivity index (χ3v) is 1.73. The normalized spacial score (nSPS) is 10.6. The molecule has 0 aromatic heterocycles. The van der Waals surface area contributed by atoms with Crippen molar-refractivity contribution >= 4 is 17.7 Å². The topological polar surface area (TPSA) is 72.5 Å². The largest absolute Gasteiger partial charge is 0.464 e. The number of ether oxygens (including phenoxy) is 1. The van der Waals surface area contributed by atoms with E-state index in [1.54, 1.807) is 6.92 Å². The highest BCUT2D eigenvalue weighted by Crippen LogP contribution is 2.01. The van der Waals surface area contributed by atoms with Crippen LogP contribution in [0.2, 0.25) is 0 Å². The van der Waals surface area contributed by atoms with Gasteiger partial charge in [-0.15, -0.1) is 0 Å². The first-order valence-electron chi connectivity index (χ1n) is 5.90. The molecule has 17 heavy (non-hydrogen) atoms. The number of carbonyl (C=O) groups excluding carboxylic acids is 3. The summed E-state index contributed by atoms with van der Waals surface area (Å²) in [6.45, 7) is 8.71. The van der Waals surface area contributed by atoms with Gasteiger partial charge in [-0.2, -0.15) is 0 Å². The second kappa shape index (κ2) is 11.1. The maximum atomic E-state index is 11.3. The van der Waals surface area contributed by atoms with Crippen molar-refractivity contribution in [3.8, 4) is 0 Å². The summed E-state index contributed by atoms with van der Waals surface area (Å²) in [5.74, 6) is -0.819. The molecule has 0 fully saturated rings. The lowest BCUT2D eigenvalue weighted by molar-refractivity contribution is -0.147. The Morgan fingerprint density at radius 3 is 2.06 bits per heavy atom.